The summed E-state index contributed by atoms with van der Waals surface area (Å²) in [5.74, 6) is 0.321. The molecule has 2 aromatic rings. The van der Waals surface area contributed by atoms with Crippen molar-refractivity contribution >= 4 is 35.4 Å². The van der Waals surface area contributed by atoms with Gasteiger partial charge in [0.2, 0.25) is 17.8 Å². The number of nitrogens with zero attached hydrogens (tertiary/aromatic N) is 6. The third-order valence-corrected chi connectivity index (χ3v) is 5.51. The van der Waals surface area contributed by atoms with Gasteiger partial charge in [0, 0.05) is 37.4 Å². The van der Waals surface area contributed by atoms with Crippen LogP contribution in [0.25, 0.3) is 11.7 Å². The highest BCUT2D eigenvalue weighted by molar-refractivity contribution is 6.15. The predicted octanol–water partition coefficient (Wildman–Crippen LogP) is 0.329. The first-order valence-corrected chi connectivity index (χ1v) is 10.1. The summed E-state index contributed by atoms with van der Waals surface area (Å²) < 4.78 is 21.0. The highest BCUT2D eigenvalue weighted by atomic mass is 19.1. The van der Waals surface area contributed by atoms with Crippen molar-refractivity contribution in [3.8, 4) is 0 Å². The lowest BCUT2D eigenvalue weighted by Crippen LogP contribution is -2.30. The van der Waals surface area contributed by atoms with Crippen LogP contribution in [0.5, 0.6) is 0 Å². The van der Waals surface area contributed by atoms with E-state index in [4.69, 9.17) is 14.7 Å². The highest BCUT2D eigenvalue weighted by Gasteiger charge is 2.28. The normalized spacial score (nSPS) is 24.2. The zero-order valence-electron chi connectivity index (χ0n) is 16.4. The van der Waals surface area contributed by atoms with Gasteiger partial charge < -0.3 is 14.5 Å². The number of amides is 2. The molecule has 1 atom stereocenters. The van der Waals surface area contributed by atoms with Gasteiger partial charge in [-0.25, -0.2) is 4.39 Å². The van der Waals surface area contributed by atoms with Gasteiger partial charge in [0.25, 0.3) is 5.91 Å². The maximum absolute atomic E-state index is 13.9. The van der Waals surface area contributed by atoms with Gasteiger partial charge in [-0.3, -0.25) is 14.9 Å². The minimum atomic E-state index is -0.907. The molecule has 3 fully saturated rings. The quantitative estimate of drug-likeness (QED) is 0.565. The first kappa shape index (κ1) is 18.9. The topological polar surface area (TPSA) is 105 Å². The maximum Gasteiger partial charge on any atom is 0.254 e. The van der Waals surface area contributed by atoms with E-state index >= 15 is 0 Å². The number of hydrogen-bond donors (Lipinski definition) is 1. The summed E-state index contributed by atoms with van der Waals surface area (Å²) in [6.07, 6.45) is 3.65. The molecule has 0 spiro atoms. The lowest BCUT2D eigenvalue weighted by Gasteiger charge is -2.23. The summed E-state index contributed by atoms with van der Waals surface area (Å²) in [5, 5.41) is 6.68. The zero-order chi connectivity index (χ0) is 20.7. The van der Waals surface area contributed by atoms with Gasteiger partial charge >= 0.3 is 0 Å². The Kier molecular flexibility index (Phi) is 4.81. The number of nitrogens with one attached hydrogen (secondary N) is 1. The van der Waals surface area contributed by atoms with Gasteiger partial charge in [0.05, 0.1) is 25.8 Å². The smallest absolute Gasteiger partial charge is 0.254 e. The Morgan fingerprint density at radius 2 is 2.07 bits per heavy atom. The van der Waals surface area contributed by atoms with Crippen molar-refractivity contribution in [1.29, 1.82) is 0 Å². The maximum atomic E-state index is 13.9. The van der Waals surface area contributed by atoms with Gasteiger partial charge in [-0.2, -0.15) is 19.6 Å². The molecule has 30 heavy (non-hydrogen) atoms. The molecule has 2 aromatic heterocycles. The molecular formula is C19H22FN7O3. The molecule has 3 aliphatic heterocycles. The van der Waals surface area contributed by atoms with Crippen molar-refractivity contribution < 1.29 is 18.7 Å². The number of imide groups is 1. The van der Waals surface area contributed by atoms with Crippen molar-refractivity contribution in [2.24, 2.45) is 0 Å². The molecule has 3 aliphatic rings. The van der Waals surface area contributed by atoms with Gasteiger partial charge in [0.15, 0.2) is 5.65 Å². The Morgan fingerprint density at radius 1 is 1.17 bits per heavy atom. The van der Waals surface area contributed by atoms with Crippen molar-refractivity contribution in [2.75, 3.05) is 49.2 Å². The minimum Gasteiger partial charge on any atom is -0.380 e. The summed E-state index contributed by atoms with van der Waals surface area (Å²) in [5.41, 5.74) is 1.49. The average molecular weight is 415 g/mol. The number of hydrogen-bond acceptors (Lipinski definition) is 8. The molecule has 10 nitrogen and oxygen atoms in total. The van der Waals surface area contributed by atoms with E-state index in [9.17, 15) is 14.0 Å². The summed E-state index contributed by atoms with van der Waals surface area (Å²) in [6.45, 7) is 3.48. The fraction of sp³-hybridized carbons (Fsp3) is 0.526. The van der Waals surface area contributed by atoms with Crippen LogP contribution in [-0.4, -0.2) is 77.0 Å². The number of carbonyl (C=O) groups is 2. The van der Waals surface area contributed by atoms with Crippen molar-refractivity contribution in [3.05, 3.63) is 17.3 Å². The molecule has 0 aliphatic carbocycles. The Hall–Kier alpha value is -3.08. The first-order chi connectivity index (χ1) is 14.6. The van der Waals surface area contributed by atoms with Crippen LogP contribution in [0.3, 0.4) is 0 Å². The van der Waals surface area contributed by atoms with E-state index in [1.807, 2.05) is 4.90 Å². The second-order valence-electron chi connectivity index (χ2n) is 7.67. The van der Waals surface area contributed by atoms with Crippen molar-refractivity contribution in [1.82, 2.24) is 24.9 Å². The summed E-state index contributed by atoms with van der Waals surface area (Å²) in [7, 11) is 0. The number of halogens is 1. The monoisotopic (exact) mass is 415 g/mol. The fourth-order valence-corrected chi connectivity index (χ4v) is 3.97. The van der Waals surface area contributed by atoms with Gasteiger partial charge in [-0.1, -0.05) is 0 Å². The number of rotatable bonds is 3. The molecule has 0 aromatic carbocycles. The molecule has 0 bridgehead atoms. The zero-order valence-corrected chi connectivity index (χ0v) is 16.4. The Bertz CT molecular complexity index is 1030. The third-order valence-electron chi connectivity index (χ3n) is 5.51. The Labute approximate surface area is 171 Å². The molecule has 11 heteroatoms. The van der Waals surface area contributed by atoms with E-state index in [0.717, 1.165) is 13.0 Å². The summed E-state index contributed by atoms with van der Waals surface area (Å²) in [4.78, 5) is 36.9. The van der Waals surface area contributed by atoms with Crippen LogP contribution in [0.2, 0.25) is 0 Å². The molecule has 1 N–H and O–H groups in total. The van der Waals surface area contributed by atoms with E-state index in [1.165, 1.54) is 0 Å². The molecule has 0 unspecified atom stereocenters. The molecule has 5 heterocycles. The van der Waals surface area contributed by atoms with Crippen LogP contribution in [-0.2, 0) is 14.3 Å². The molecule has 2 amide bonds. The van der Waals surface area contributed by atoms with Gasteiger partial charge in [-0.15, -0.1) is 0 Å². The SMILES string of the molecule is O=C1C/C(=C\c2cnn3c(N4CC[C@@H](F)C4)nc(N4CCCOCC4)nc23)C(=O)N1. The number of fused-ring (bicyclic) bond motifs is 1. The number of ether oxygens (including phenoxy) is 1. The van der Waals surface area contributed by atoms with Crippen LogP contribution in [0.15, 0.2) is 11.8 Å². The second-order valence-corrected chi connectivity index (χ2v) is 7.67. The van der Waals surface area contributed by atoms with Crippen LogP contribution in [0.1, 0.15) is 24.8 Å². The number of alkyl halides is 1. The Balaban J connectivity index is 1.61. The number of carbonyl (C=O) groups excluding carboxylic acids is 2. The van der Waals surface area contributed by atoms with Crippen LogP contribution < -0.4 is 15.1 Å². The van der Waals surface area contributed by atoms with Crippen LogP contribution in [0.4, 0.5) is 16.3 Å². The lowest BCUT2D eigenvalue weighted by molar-refractivity contribution is -0.124. The largest absolute Gasteiger partial charge is 0.380 e. The lowest BCUT2D eigenvalue weighted by atomic mass is 10.1. The molecule has 5 rings (SSSR count). The molecule has 0 radical (unpaired) electrons. The second kappa shape index (κ2) is 7.63. The third kappa shape index (κ3) is 3.49. The summed E-state index contributed by atoms with van der Waals surface area (Å²) >= 11 is 0. The molecule has 158 valence electrons. The number of anilines is 2. The van der Waals surface area contributed by atoms with E-state index in [0.29, 0.717) is 61.4 Å². The Morgan fingerprint density at radius 3 is 2.83 bits per heavy atom. The van der Waals surface area contributed by atoms with E-state index in [-0.39, 0.29) is 18.9 Å². The van der Waals surface area contributed by atoms with E-state index in [2.05, 4.69) is 15.3 Å². The van der Waals surface area contributed by atoms with Gasteiger partial charge in [0.1, 0.15) is 6.17 Å². The number of aromatic nitrogens is 4. The fourth-order valence-electron chi connectivity index (χ4n) is 3.97. The minimum absolute atomic E-state index is 0.0279. The average Bonchev–Trinajstić information content (AvgIpc) is 3.34. The van der Waals surface area contributed by atoms with Crippen LogP contribution >= 0.6 is 0 Å². The van der Waals surface area contributed by atoms with Crippen molar-refractivity contribution in [2.45, 2.75) is 25.4 Å². The molecular weight excluding hydrogens is 393 g/mol. The van der Waals surface area contributed by atoms with E-state index < -0.39 is 12.1 Å². The summed E-state index contributed by atoms with van der Waals surface area (Å²) in [6, 6.07) is 0. The van der Waals surface area contributed by atoms with E-state index in [1.54, 1.807) is 16.8 Å². The first-order valence-electron chi connectivity index (χ1n) is 10.1. The molecule has 3 saturated heterocycles. The predicted molar refractivity (Wildman–Crippen MR) is 106 cm³/mol. The van der Waals surface area contributed by atoms with Gasteiger partial charge in [-0.05, 0) is 18.9 Å². The highest BCUT2D eigenvalue weighted by Crippen LogP contribution is 2.26. The molecule has 0 saturated carbocycles. The van der Waals surface area contributed by atoms with Crippen molar-refractivity contribution in [3.63, 3.8) is 0 Å². The van der Waals surface area contributed by atoms with Crippen LogP contribution in [0, 0.1) is 0 Å². The standard InChI is InChI=1S/C19H22FN7O3/c20-14-2-4-26(11-14)19-24-18(25-3-1-6-30-7-5-25)23-16-13(10-21-27(16)19)8-12-9-15(28)22-17(12)29/h8,10,14H,1-7,9,11H2,(H,22,28,29)/b12-8+/t14-/m1/s1.